The van der Waals surface area contributed by atoms with Gasteiger partial charge in [0, 0.05) is 30.7 Å². The normalized spacial score (nSPS) is 10.4. The first-order valence-corrected chi connectivity index (χ1v) is 9.07. The number of amides is 1. The summed E-state index contributed by atoms with van der Waals surface area (Å²) >= 11 is 0. The van der Waals surface area contributed by atoms with Crippen LogP contribution in [0.1, 0.15) is 24.3 Å². The monoisotopic (exact) mass is 364 g/mol. The first kappa shape index (κ1) is 18.5. The lowest BCUT2D eigenvalue weighted by atomic mass is 10.2. The van der Waals surface area contributed by atoms with Gasteiger partial charge >= 0.3 is 0 Å². The molecule has 0 saturated carbocycles. The van der Waals surface area contributed by atoms with Crippen molar-refractivity contribution < 1.29 is 9.53 Å². The molecule has 2 aromatic carbocycles. The van der Waals surface area contributed by atoms with Crippen LogP contribution in [0.15, 0.2) is 66.9 Å². The zero-order valence-electron chi connectivity index (χ0n) is 15.6. The highest BCUT2D eigenvalue weighted by molar-refractivity contribution is 6.02. The first-order valence-electron chi connectivity index (χ1n) is 9.07. The topological polar surface area (TPSA) is 59.4 Å². The molecule has 1 heterocycles. The average molecular weight is 364 g/mol. The summed E-state index contributed by atoms with van der Waals surface area (Å²) in [5.74, 6) is 0.511. The van der Waals surface area contributed by atoms with E-state index in [1.807, 2.05) is 54.6 Å². The molecule has 0 spiro atoms. The predicted molar refractivity (Wildman–Crippen MR) is 107 cm³/mol. The Bertz CT molecular complexity index is 855. The van der Waals surface area contributed by atoms with Gasteiger partial charge in [-0.15, -0.1) is 0 Å². The number of para-hydroxylation sites is 1. The molecule has 0 bridgehead atoms. The smallest absolute Gasteiger partial charge is 0.276 e. The Balaban J connectivity index is 1.57. The lowest BCUT2D eigenvalue weighted by Gasteiger charge is -2.21. The largest absolute Gasteiger partial charge is 0.471 e. The Morgan fingerprint density at radius 1 is 1.04 bits per heavy atom. The van der Waals surface area contributed by atoms with Gasteiger partial charge < -0.3 is 15.0 Å². The van der Waals surface area contributed by atoms with E-state index in [9.17, 15) is 4.79 Å². The number of rotatable bonds is 8. The van der Waals surface area contributed by atoms with Crippen LogP contribution in [0.5, 0.6) is 5.75 Å². The summed E-state index contributed by atoms with van der Waals surface area (Å²) < 4.78 is 7.21. The number of carbonyl (C=O) groups excluding carboxylic acids is 1. The fourth-order valence-electron chi connectivity index (χ4n) is 2.75. The Morgan fingerprint density at radius 3 is 2.41 bits per heavy atom. The Morgan fingerprint density at radius 2 is 1.74 bits per heavy atom. The molecule has 0 aliphatic carbocycles. The second-order valence-electron chi connectivity index (χ2n) is 6.00. The van der Waals surface area contributed by atoms with Crippen molar-refractivity contribution in [1.82, 2.24) is 9.78 Å². The van der Waals surface area contributed by atoms with E-state index < -0.39 is 0 Å². The van der Waals surface area contributed by atoms with Gasteiger partial charge in [0.2, 0.25) is 0 Å². The molecular weight excluding hydrogens is 340 g/mol. The van der Waals surface area contributed by atoms with Crippen molar-refractivity contribution in [3.8, 4) is 5.75 Å². The van der Waals surface area contributed by atoms with Crippen molar-refractivity contribution in [2.75, 3.05) is 23.3 Å². The third-order valence-electron chi connectivity index (χ3n) is 4.23. The summed E-state index contributed by atoms with van der Waals surface area (Å²) in [7, 11) is 0. The molecule has 0 aliphatic rings. The number of aromatic nitrogens is 2. The van der Waals surface area contributed by atoms with Crippen molar-refractivity contribution in [3.05, 3.63) is 72.6 Å². The highest BCUT2D eigenvalue weighted by atomic mass is 16.5. The number of hydrogen-bond acceptors (Lipinski definition) is 4. The van der Waals surface area contributed by atoms with Crippen LogP contribution in [-0.2, 0) is 6.73 Å². The van der Waals surface area contributed by atoms with Gasteiger partial charge in [-0.05, 0) is 56.3 Å². The molecule has 0 radical (unpaired) electrons. The molecule has 0 saturated heterocycles. The van der Waals surface area contributed by atoms with Crippen LogP contribution >= 0.6 is 0 Å². The van der Waals surface area contributed by atoms with E-state index in [-0.39, 0.29) is 12.6 Å². The van der Waals surface area contributed by atoms with Gasteiger partial charge in [-0.1, -0.05) is 18.2 Å². The van der Waals surface area contributed by atoms with Crippen molar-refractivity contribution in [3.63, 3.8) is 0 Å². The molecule has 0 atom stereocenters. The number of carbonyl (C=O) groups is 1. The van der Waals surface area contributed by atoms with E-state index in [2.05, 4.69) is 29.2 Å². The number of hydrogen-bond donors (Lipinski definition) is 1. The molecular formula is C21H24N4O2. The SMILES string of the molecule is CCN(CC)c1ccc(NC(=O)c2ccn(COc3ccccc3)n2)cc1. The molecule has 6 heteroatoms. The third kappa shape index (κ3) is 4.88. The van der Waals surface area contributed by atoms with Crippen LogP contribution in [0, 0.1) is 0 Å². The molecule has 27 heavy (non-hydrogen) atoms. The van der Waals surface area contributed by atoms with Crippen LogP contribution in [-0.4, -0.2) is 28.8 Å². The molecule has 1 amide bonds. The second-order valence-corrected chi connectivity index (χ2v) is 6.00. The Hall–Kier alpha value is -3.28. The molecule has 3 aromatic rings. The first-order chi connectivity index (χ1) is 13.2. The fourth-order valence-corrected chi connectivity index (χ4v) is 2.75. The van der Waals surface area contributed by atoms with Gasteiger partial charge in [0.25, 0.3) is 5.91 Å². The van der Waals surface area contributed by atoms with E-state index >= 15 is 0 Å². The fraction of sp³-hybridized carbons (Fsp3) is 0.238. The van der Waals surface area contributed by atoms with Gasteiger partial charge in [-0.2, -0.15) is 5.10 Å². The maximum Gasteiger partial charge on any atom is 0.276 e. The molecule has 140 valence electrons. The minimum atomic E-state index is -0.246. The Labute approximate surface area is 159 Å². The van der Waals surface area contributed by atoms with E-state index in [1.165, 1.54) is 0 Å². The molecule has 0 aliphatic heterocycles. The van der Waals surface area contributed by atoms with Crippen molar-refractivity contribution >= 4 is 17.3 Å². The second kappa shape index (κ2) is 8.89. The minimum Gasteiger partial charge on any atom is -0.471 e. The third-order valence-corrected chi connectivity index (χ3v) is 4.23. The van der Waals surface area contributed by atoms with Crippen molar-refractivity contribution in [1.29, 1.82) is 0 Å². The summed E-state index contributed by atoms with van der Waals surface area (Å²) in [6, 6.07) is 19.0. The zero-order chi connectivity index (χ0) is 19.1. The highest BCUT2D eigenvalue weighted by Crippen LogP contribution is 2.18. The zero-order valence-corrected chi connectivity index (χ0v) is 15.6. The quantitative estimate of drug-likeness (QED) is 0.656. The van der Waals surface area contributed by atoms with Crippen molar-refractivity contribution in [2.45, 2.75) is 20.6 Å². The van der Waals surface area contributed by atoms with Crippen molar-refractivity contribution in [2.24, 2.45) is 0 Å². The van der Waals surface area contributed by atoms with Crippen LogP contribution in [0.25, 0.3) is 0 Å². The lowest BCUT2D eigenvalue weighted by Crippen LogP contribution is -2.21. The van der Waals surface area contributed by atoms with Gasteiger partial charge in [-0.3, -0.25) is 4.79 Å². The molecule has 6 nitrogen and oxygen atoms in total. The standard InChI is InChI=1S/C21H24N4O2/c1-3-24(4-2)18-12-10-17(11-13-18)22-21(26)20-14-15-25(23-20)16-27-19-8-6-5-7-9-19/h5-15H,3-4,16H2,1-2H3,(H,22,26). The van der Waals surface area contributed by atoms with E-state index in [0.29, 0.717) is 5.69 Å². The van der Waals surface area contributed by atoms with Gasteiger partial charge in [0.05, 0.1) is 0 Å². The summed E-state index contributed by atoms with van der Waals surface area (Å²) in [4.78, 5) is 14.6. The minimum absolute atomic E-state index is 0.246. The van der Waals surface area contributed by atoms with E-state index in [4.69, 9.17) is 4.74 Å². The van der Waals surface area contributed by atoms with Crippen LogP contribution < -0.4 is 15.0 Å². The van der Waals surface area contributed by atoms with Gasteiger partial charge in [-0.25, -0.2) is 4.68 Å². The van der Waals surface area contributed by atoms with E-state index in [0.717, 1.165) is 30.2 Å². The summed E-state index contributed by atoms with van der Waals surface area (Å²) in [6.07, 6.45) is 1.72. The lowest BCUT2D eigenvalue weighted by molar-refractivity contribution is 0.102. The number of nitrogens with zero attached hydrogens (tertiary/aromatic N) is 3. The highest BCUT2D eigenvalue weighted by Gasteiger charge is 2.10. The maximum atomic E-state index is 12.4. The van der Waals surface area contributed by atoms with Crippen LogP contribution in [0.4, 0.5) is 11.4 Å². The van der Waals surface area contributed by atoms with Gasteiger partial charge in [0.15, 0.2) is 12.4 Å². The number of benzene rings is 2. The molecule has 0 fully saturated rings. The number of anilines is 2. The summed E-state index contributed by atoms with van der Waals surface area (Å²) in [5, 5.41) is 7.14. The van der Waals surface area contributed by atoms with Gasteiger partial charge in [0.1, 0.15) is 5.75 Å². The van der Waals surface area contributed by atoms with Crippen LogP contribution in [0.2, 0.25) is 0 Å². The average Bonchev–Trinajstić information content (AvgIpc) is 3.19. The summed E-state index contributed by atoms with van der Waals surface area (Å²) in [5.41, 5.74) is 2.23. The molecule has 0 unspecified atom stereocenters. The van der Waals surface area contributed by atoms with E-state index in [1.54, 1.807) is 16.9 Å². The molecule has 1 aromatic heterocycles. The predicted octanol–water partition coefficient (Wildman–Crippen LogP) is 4.02. The Kier molecular flexibility index (Phi) is 6.10. The molecule has 3 rings (SSSR count). The maximum absolute atomic E-state index is 12.4. The summed E-state index contributed by atoms with van der Waals surface area (Å²) in [6.45, 7) is 6.39. The number of ether oxygens (including phenoxy) is 1. The van der Waals surface area contributed by atoms with Crippen LogP contribution in [0.3, 0.4) is 0 Å². The number of nitrogens with one attached hydrogen (secondary N) is 1. The molecule has 1 N–H and O–H groups in total.